The lowest BCUT2D eigenvalue weighted by Gasteiger charge is -2.17. The van der Waals surface area contributed by atoms with E-state index in [4.69, 9.17) is 12.2 Å². The van der Waals surface area contributed by atoms with Crippen LogP contribution < -0.4 is 5.32 Å². The van der Waals surface area contributed by atoms with Crippen molar-refractivity contribution in [2.75, 3.05) is 6.54 Å². The molecule has 0 aliphatic carbocycles. The minimum absolute atomic E-state index is 0.0445. The van der Waals surface area contributed by atoms with Gasteiger partial charge in [-0.25, -0.2) is 4.79 Å². The smallest absolute Gasteiger partial charge is 0.326 e. The predicted molar refractivity (Wildman–Crippen MR) is 134 cm³/mol. The molecule has 8 heteroatoms. The molecule has 1 aliphatic rings. The average Bonchev–Trinajstić information content (AvgIpc) is 3.05. The van der Waals surface area contributed by atoms with Crippen LogP contribution in [0, 0.1) is 0 Å². The van der Waals surface area contributed by atoms with E-state index in [2.05, 4.69) is 5.32 Å². The third kappa shape index (κ3) is 7.13. The molecule has 33 heavy (non-hydrogen) atoms. The normalized spacial score (nSPS) is 16.2. The van der Waals surface area contributed by atoms with Crippen LogP contribution in [0.3, 0.4) is 0 Å². The van der Waals surface area contributed by atoms with Crippen LogP contribution in [-0.2, 0) is 20.8 Å². The zero-order valence-corrected chi connectivity index (χ0v) is 19.7. The number of carbonyl (C=O) groups excluding carboxylic acids is 2. The first-order valence-corrected chi connectivity index (χ1v) is 11.6. The maximum absolute atomic E-state index is 12.8. The molecule has 2 aromatic carbocycles. The van der Waals surface area contributed by atoms with Crippen LogP contribution in [-0.4, -0.2) is 44.7 Å². The Hall–Kier alpha value is -3.23. The van der Waals surface area contributed by atoms with Gasteiger partial charge in [-0.2, -0.15) is 0 Å². The Morgan fingerprint density at radius 3 is 2.39 bits per heavy atom. The van der Waals surface area contributed by atoms with Crippen LogP contribution >= 0.6 is 24.0 Å². The molecule has 0 saturated carbocycles. The predicted octanol–water partition coefficient (Wildman–Crippen LogP) is 4.04. The topological polar surface area (TPSA) is 86.7 Å². The summed E-state index contributed by atoms with van der Waals surface area (Å²) in [6.07, 6.45) is 3.89. The summed E-state index contributed by atoms with van der Waals surface area (Å²) in [4.78, 5) is 38.6. The first-order chi connectivity index (χ1) is 15.8. The van der Waals surface area contributed by atoms with Gasteiger partial charge in [0.25, 0.3) is 5.91 Å². The zero-order valence-electron chi connectivity index (χ0n) is 18.1. The molecule has 2 aromatic rings. The molecular weight excluding hydrogens is 456 g/mol. The second-order valence-electron chi connectivity index (χ2n) is 7.53. The van der Waals surface area contributed by atoms with Gasteiger partial charge >= 0.3 is 5.97 Å². The maximum atomic E-state index is 12.8. The minimum atomic E-state index is -1.11. The van der Waals surface area contributed by atoms with Crippen LogP contribution in [0.1, 0.15) is 24.5 Å². The number of hydrogen-bond donors (Lipinski definition) is 2. The molecular formula is C25H24N2O4S2. The van der Waals surface area contributed by atoms with Crippen LogP contribution in [0.4, 0.5) is 0 Å². The van der Waals surface area contributed by atoms with E-state index in [1.165, 1.54) is 16.7 Å². The molecule has 0 radical (unpaired) electrons. The minimum Gasteiger partial charge on any atom is -0.480 e. The Bertz CT molecular complexity index is 1100. The Labute approximate surface area is 202 Å². The summed E-state index contributed by atoms with van der Waals surface area (Å²) in [7, 11) is 0. The molecule has 0 spiro atoms. The number of benzene rings is 2. The molecule has 0 aromatic heterocycles. The number of aliphatic carboxylic acids is 1. The van der Waals surface area contributed by atoms with Crippen molar-refractivity contribution in [3.8, 4) is 0 Å². The highest BCUT2D eigenvalue weighted by Gasteiger charge is 2.32. The first kappa shape index (κ1) is 24.4. The van der Waals surface area contributed by atoms with Crippen molar-refractivity contribution in [2.24, 2.45) is 0 Å². The molecule has 2 amide bonds. The van der Waals surface area contributed by atoms with Gasteiger partial charge in [0.15, 0.2) is 0 Å². The number of carboxylic acid groups (broad SMARTS) is 1. The standard InChI is InChI=1S/C25H24N2O4S2/c1-17(14-18-8-4-2-5-9-18)15-21-23(29)27(25(32)33-21)13-12-22(28)26-20(24(30)31)16-19-10-6-3-7-11-19/h2-11,14-15,20H,12-13,16H2,1H3,(H,26,28)(H,30,31). The van der Waals surface area contributed by atoms with Crippen LogP contribution in [0.15, 0.2) is 77.2 Å². The third-order valence-corrected chi connectivity index (χ3v) is 6.28. The van der Waals surface area contributed by atoms with Gasteiger partial charge in [-0.1, -0.05) is 90.7 Å². The lowest BCUT2D eigenvalue weighted by molar-refractivity contribution is -0.141. The molecule has 1 unspecified atom stereocenters. The van der Waals surface area contributed by atoms with Gasteiger partial charge in [0.2, 0.25) is 5.91 Å². The van der Waals surface area contributed by atoms with Crippen molar-refractivity contribution >= 4 is 52.2 Å². The lowest BCUT2D eigenvalue weighted by atomic mass is 10.1. The SMILES string of the molecule is CC(=Cc1ccccc1)C=C1SC(=S)N(CCC(=O)NC(Cc2ccccc2)C(=O)O)C1=O. The van der Waals surface area contributed by atoms with Crippen molar-refractivity contribution in [3.63, 3.8) is 0 Å². The lowest BCUT2D eigenvalue weighted by Crippen LogP contribution is -2.43. The van der Waals surface area contributed by atoms with E-state index in [1.807, 2.05) is 73.7 Å². The average molecular weight is 481 g/mol. The number of allylic oxidation sites excluding steroid dienone is 2. The van der Waals surface area contributed by atoms with Gasteiger partial charge in [-0.3, -0.25) is 14.5 Å². The summed E-state index contributed by atoms with van der Waals surface area (Å²) in [6.45, 7) is 2.00. The van der Waals surface area contributed by atoms with Gasteiger partial charge in [0, 0.05) is 19.4 Å². The summed E-state index contributed by atoms with van der Waals surface area (Å²) in [6, 6.07) is 17.8. The molecule has 2 N–H and O–H groups in total. The largest absolute Gasteiger partial charge is 0.480 e. The van der Waals surface area contributed by atoms with Crippen molar-refractivity contribution in [1.82, 2.24) is 10.2 Å². The summed E-state index contributed by atoms with van der Waals surface area (Å²) < 4.78 is 0.380. The van der Waals surface area contributed by atoms with E-state index >= 15 is 0 Å². The maximum Gasteiger partial charge on any atom is 0.326 e. The zero-order chi connectivity index (χ0) is 23.8. The fourth-order valence-corrected chi connectivity index (χ4v) is 4.64. The molecule has 0 bridgehead atoms. The monoisotopic (exact) mass is 480 g/mol. The fourth-order valence-electron chi connectivity index (χ4n) is 3.28. The van der Waals surface area contributed by atoms with Crippen LogP contribution in [0.2, 0.25) is 0 Å². The number of nitrogens with one attached hydrogen (secondary N) is 1. The number of carbonyl (C=O) groups is 3. The highest BCUT2D eigenvalue weighted by Crippen LogP contribution is 2.32. The number of nitrogens with zero attached hydrogens (tertiary/aromatic N) is 1. The first-order valence-electron chi connectivity index (χ1n) is 10.4. The number of thioether (sulfide) groups is 1. The number of thiocarbonyl (C=S) groups is 1. The molecule has 1 saturated heterocycles. The summed E-state index contributed by atoms with van der Waals surface area (Å²) in [5.41, 5.74) is 2.75. The molecule has 1 aliphatic heterocycles. The van der Waals surface area contributed by atoms with E-state index in [0.29, 0.717) is 9.23 Å². The van der Waals surface area contributed by atoms with Crippen molar-refractivity contribution in [2.45, 2.75) is 25.8 Å². The van der Waals surface area contributed by atoms with Gasteiger partial charge in [0.05, 0.1) is 4.91 Å². The second kappa shape index (κ2) is 11.6. The summed E-state index contributed by atoms with van der Waals surface area (Å²) in [5.74, 6) is -1.81. The second-order valence-corrected chi connectivity index (χ2v) is 9.21. The van der Waals surface area contributed by atoms with Crippen molar-refractivity contribution < 1.29 is 19.5 Å². The molecule has 6 nitrogen and oxygen atoms in total. The Kier molecular flexibility index (Phi) is 8.57. The molecule has 1 fully saturated rings. The van der Waals surface area contributed by atoms with Gasteiger partial charge in [-0.15, -0.1) is 0 Å². The summed E-state index contributed by atoms with van der Waals surface area (Å²) >= 11 is 6.52. The van der Waals surface area contributed by atoms with Crippen molar-refractivity contribution in [1.29, 1.82) is 0 Å². The number of amides is 2. The number of carboxylic acids is 1. The molecule has 170 valence electrons. The van der Waals surface area contributed by atoms with E-state index < -0.39 is 17.9 Å². The highest BCUT2D eigenvalue weighted by molar-refractivity contribution is 8.26. The molecule has 3 rings (SSSR count). The van der Waals surface area contributed by atoms with Crippen LogP contribution in [0.5, 0.6) is 0 Å². The van der Waals surface area contributed by atoms with Gasteiger partial charge < -0.3 is 10.4 Å². The number of hydrogen-bond acceptors (Lipinski definition) is 5. The Morgan fingerprint density at radius 1 is 1.12 bits per heavy atom. The Balaban J connectivity index is 1.57. The van der Waals surface area contributed by atoms with Gasteiger partial charge in [-0.05, 0) is 29.7 Å². The molecule has 1 heterocycles. The van der Waals surface area contributed by atoms with E-state index in [9.17, 15) is 19.5 Å². The summed E-state index contributed by atoms with van der Waals surface area (Å²) in [5, 5.41) is 12.0. The van der Waals surface area contributed by atoms with Gasteiger partial charge in [0.1, 0.15) is 10.4 Å². The van der Waals surface area contributed by atoms with E-state index in [1.54, 1.807) is 6.08 Å². The highest BCUT2D eigenvalue weighted by atomic mass is 32.2. The van der Waals surface area contributed by atoms with E-state index in [-0.39, 0.29) is 25.3 Å². The quantitative estimate of drug-likeness (QED) is 0.416. The van der Waals surface area contributed by atoms with Crippen molar-refractivity contribution in [3.05, 3.63) is 88.3 Å². The van der Waals surface area contributed by atoms with Crippen LogP contribution in [0.25, 0.3) is 6.08 Å². The fraction of sp³-hybridized carbons (Fsp3) is 0.200. The third-order valence-electron chi connectivity index (χ3n) is 4.90. The number of rotatable bonds is 9. The van der Waals surface area contributed by atoms with E-state index in [0.717, 1.165) is 16.7 Å². The molecule has 1 atom stereocenters. The Morgan fingerprint density at radius 2 is 1.76 bits per heavy atom.